The number of aromatic nitrogens is 3. The van der Waals surface area contributed by atoms with E-state index in [1.54, 1.807) is 6.33 Å². The summed E-state index contributed by atoms with van der Waals surface area (Å²) in [7, 11) is 2.17. The number of ether oxygens (including phenoxy) is 1. The van der Waals surface area contributed by atoms with Crippen LogP contribution in [0.1, 0.15) is 24.8 Å². The molecule has 4 aliphatic heterocycles. The Morgan fingerprint density at radius 2 is 1.76 bits per heavy atom. The van der Waals surface area contributed by atoms with Gasteiger partial charge in [0.1, 0.15) is 23.5 Å². The molecule has 0 saturated carbocycles. The van der Waals surface area contributed by atoms with Crippen molar-refractivity contribution in [3.63, 3.8) is 0 Å². The zero-order chi connectivity index (χ0) is 25.2. The molecule has 1 amide bonds. The minimum absolute atomic E-state index is 0.257. The summed E-state index contributed by atoms with van der Waals surface area (Å²) >= 11 is 0. The molecule has 2 aromatic heterocycles. The van der Waals surface area contributed by atoms with Crippen molar-refractivity contribution < 1.29 is 9.53 Å². The first kappa shape index (κ1) is 24.0. The number of hydrogen-bond donors (Lipinski definition) is 2. The molecule has 0 unspecified atom stereocenters. The predicted molar refractivity (Wildman–Crippen MR) is 145 cm³/mol. The van der Waals surface area contributed by atoms with Gasteiger partial charge >= 0.3 is 0 Å². The maximum Gasteiger partial charge on any atom is 0.222 e. The van der Waals surface area contributed by atoms with Gasteiger partial charge in [-0.1, -0.05) is 0 Å². The van der Waals surface area contributed by atoms with E-state index < -0.39 is 0 Å². The molecule has 1 aromatic carbocycles. The first-order chi connectivity index (χ1) is 18.1. The van der Waals surface area contributed by atoms with Gasteiger partial charge in [-0.05, 0) is 37.6 Å². The van der Waals surface area contributed by atoms with E-state index in [1.165, 1.54) is 0 Å². The number of carbonyl (C=O) groups excluding carboxylic acids is 1. The molecule has 0 aliphatic carbocycles. The smallest absolute Gasteiger partial charge is 0.222 e. The van der Waals surface area contributed by atoms with Gasteiger partial charge in [0.15, 0.2) is 0 Å². The van der Waals surface area contributed by atoms with Crippen molar-refractivity contribution >= 4 is 34.1 Å². The largest absolute Gasteiger partial charge is 0.491 e. The van der Waals surface area contributed by atoms with Crippen LogP contribution >= 0.6 is 0 Å². The standard InChI is InChI=1S/C27H36N8O2/c1-32-7-11-34(12-8-32)22-6-5-21-16-23(22)37-15-3-2-4-24(36)35-13-9-33(10-14-35)18-20-17-28-26-25(20)27(31-21)30-19-29-26/h5-6,16-17,19H,2-4,7-15,18H2,1H3,(H2,28,29,30,31). The molecule has 37 heavy (non-hydrogen) atoms. The summed E-state index contributed by atoms with van der Waals surface area (Å²) in [5.41, 5.74) is 4.03. The fraction of sp³-hybridized carbons (Fsp3) is 0.519. The van der Waals surface area contributed by atoms with Crippen molar-refractivity contribution in [3.05, 3.63) is 36.3 Å². The number of fused-ring (bicyclic) bond motifs is 7. The monoisotopic (exact) mass is 504 g/mol. The Bertz CT molecular complexity index is 1240. The number of hydrogen-bond acceptors (Lipinski definition) is 8. The fourth-order valence-electron chi connectivity index (χ4n) is 5.51. The predicted octanol–water partition coefficient (Wildman–Crippen LogP) is 2.66. The van der Waals surface area contributed by atoms with E-state index >= 15 is 0 Å². The van der Waals surface area contributed by atoms with E-state index in [4.69, 9.17) is 4.74 Å². The van der Waals surface area contributed by atoms with E-state index in [-0.39, 0.29) is 5.91 Å². The maximum absolute atomic E-state index is 12.8. The van der Waals surface area contributed by atoms with Crippen LogP contribution in [0.4, 0.5) is 17.2 Å². The van der Waals surface area contributed by atoms with E-state index in [1.807, 2.05) is 11.1 Å². The summed E-state index contributed by atoms with van der Waals surface area (Å²) in [5.74, 6) is 1.91. The van der Waals surface area contributed by atoms with Crippen molar-refractivity contribution in [2.75, 3.05) is 76.2 Å². The lowest BCUT2D eigenvalue weighted by atomic mass is 10.1. The van der Waals surface area contributed by atoms with E-state index in [0.29, 0.717) is 13.0 Å². The first-order valence-electron chi connectivity index (χ1n) is 13.4. The van der Waals surface area contributed by atoms with Crippen LogP contribution in [0, 0.1) is 0 Å². The minimum Gasteiger partial charge on any atom is -0.491 e. The Kier molecular flexibility index (Phi) is 6.84. The van der Waals surface area contributed by atoms with Crippen LogP contribution in [-0.2, 0) is 11.3 Å². The van der Waals surface area contributed by atoms with Crippen molar-refractivity contribution in [2.45, 2.75) is 25.8 Å². The SMILES string of the molecule is CN1CCN(c2ccc3cc2OCCCCC(=O)N2CCN(CC2)Cc2c[nH]c4ncnc(c24)N3)CC1. The summed E-state index contributed by atoms with van der Waals surface area (Å²) in [4.78, 5) is 34.4. The summed E-state index contributed by atoms with van der Waals surface area (Å²) in [6, 6.07) is 6.34. The number of piperazine rings is 2. The highest BCUT2D eigenvalue weighted by molar-refractivity contribution is 5.92. The van der Waals surface area contributed by atoms with Crippen LogP contribution in [0.3, 0.4) is 0 Å². The summed E-state index contributed by atoms with van der Waals surface area (Å²) < 4.78 is 6.36. The highest BCUT2D eigenvalue weighted by Gasteiger charge is 2.23. The summed E-state index contributed by atoms with van der Waals surface area (Å²) in [5, 5.41) is 4.56. The molecule has 4 bridgehead atoms. The average molecular weight is 505 g/mol. The van der Waals surface area contributed by atoms with Crippen LogP contribution in [0.5, 0.6) is 5.75 Å². The molecule has 2 N–H and O–H groups in total. The van der Waals surface area contributed by atoms with Gasteiger partial charge in [-0.15, -0.1) is 0 Å². The summed E-state index contributed by atoms with van der Waals surface area (Å²) in [6.45, 7) is 8.68. The Morgan fingerprint density at radius 1 is 0.946 bits per heavy atom. The summed E-state index contributed by atoms with van der Waals surface area (Å²) in [6.07, 6.45) is 5.90. The second kappa shape index (κ2) is 10.5. The molecule has 10 heteroatoms. The second-order valence-electron chi connectivity index (χ2n) is 10.3. The van der Waals surface area contributed by atoms with Crippen molar-refractivity contribution in [3.8, 4) is 5.75 Å². The van der Waals surface area contributed by atoms with Gasteiger partial charge in [0.25, 0.3) is 0 Å². The lowest BCUT2D eigenvalue weighted by Gasteiger charge is -2.35. The van der Waals surface area contributed by atoms with E-state index in [9.17, 15) is 4.79 Å². The topological polar surface area (TPSA) is 92.9 Å². The zero-order valence-corrected chi connectivity index (χ0v) is 21.6. The van der Waals surface area contributed by atoms with Crippen molar-refractivity contribution in [2.24, 2.45) is 0 Å². The molecule has 0 radical (unpaired) electrons. The second-order valence-corrected chi connectivity index (χ2v) is 10.3. The highest BCUT2D eigenvalue weighted by atomic mass is 16.5. The lowest BCUT2D eigenvalue weighted by Crippen LogP contribution is -2.48. The number of amides is 1. The molecule has 0 spiro atoms. The number of carbonyl (C=O) groups is 1. The number of benzene rings is 1. The third-order valence-corrected chi connectivity index (χ3v) is 7.78. The quantitative estimate of drug-likeness (QED) is 0.523. The Balaban J connectivity index is 1.33. The van der Waals surface area contributed by atoms with Gasteiger partial charge < -0.3 is 29.7 Å². The number of rotatable bonds is 1. The molecule has 10 nitrogen and oxygen atoms in total. The fourth-order valence-corrected chi connectivity index (χ4v) is 5.51. The molecule has 4 aliphatic rings. The maximum atomic E-state index is 12.8. The molecular formula is C27H36N8O2. The van der Waals surface area contributed by atoms with Gasteiger partial charge in [0.2, 0.25) is 5.91 Å². The highest BCUT2D eigenvalue weighted by Crippen LogP contribution is 2.35. The minimum atomic E-state index is 0.257. The number of anilines is 3. The van der Waals surface area contributed by atoms with Crippen LogP contribution in [0.25, 0.3) is 11.0 Å². The first-order valence-corrected chi connectivity index (χ1v) is 13.4. The molecule has 196 valence electrons. The van der Waals surface area contributed by atoms with Gasteiger partial charge in [-0.25, -0.2) is 9.97 Å². The lowest BCUT2D eigenvalue weighted by molar-refractivity contribution is -0.133. The molecular weight excluding hydrogens is 468 g/mol. The van der Waals surface area contributed by atoms with E-state index in [0.717, 1.165) is 111 Å². The third-order valence-electron chi connectivity index (χ3n) is 7.78. The van der Waals surface area contributed by atoms with E-state index in [2.05, 4.69) is 60.2 Å². The number of nitrogens with zero attached hydrogens (tertiary/aromatic N) is 6. The van der Waals surface area contributed by atoms with Gasteiger partial charge in [0.05, 0.1) is 17.7 Å². The van der Waals surface area contributed by atoms with Gasteiger partial charge in [-0.2, -0.15) is 0 Å². The molecule has 2 saturated heterocycles. The Hall–Kier alpha value is -3.37. The molecule has 2 fully saturated rings. The third kappa shape index (κ3) is 5.21. The Morgan fingerprint density at radius 3 is 2.59 bits per heavy atom. The average Bonchev–Trinajstić information content (AvgIpc) is 3.33. The van der Waals surface area contributed by atoms with Crippen LogP contribution in [-0.4, -0.2) is 102 Å². The molecule has 0 atom stereocenters. The number of H-pyrrole nitrogens is 1. The van der Waals surface area contributed by atoms with Crippen molar-refractivity contribution in [1.29, 1.82) is 0 Å². The molecule has 6 heterocycles. The molecule has 3 aromatic rings. The Labute approximate surface area is 217 Å². The number of likely N-dealkylation sites (N-methyl/N-ethyl adjacent to an activating group) is 1. The molecule has 7 rings (SSSR count). The number of aromatic amines is 1. The number of nitrogens with one attached hydrogen (secondary N) is 2. The van der Waals surface area contributed by atoms with Crippen LogP contribution in [0.15, 0.2) is 30.7 Å². The van der Waals surface area contributed by atoms with Crippen molar-refractivity contribution in [1.82, 2.24) is 29.7 Å². The normalized spacial score (nSPS) is 20.4. The van der Waals surface area contributed by atoms with Gasteiger partial charge in [-0.3, -0.25) is 9.69 Å². The van der Waals surface area contributed by atoms with Crippen LogP contribution < -0.4 is 15.0 Å². The van der Waals surface area contributed by atoms with Gasteiger partial charge in [0, 0.05) is 83.3 Å². The van der Waals surface area contributed by atoms with Crippen LogP contribution in [0.2, 0.25) is 0 Å². The zero-order valence-electron chi connectivity index (χ0n) is 21.6.